The first-order valence-electron chi connectivity index (χ1n) is 7.62. The molecule has 2 rings (SSSR count). The van der Waals surface area contributed by atoms with Crippen molar-refractivity contribution >= 4 is 5.91 Å². The molecule has 0 aliphatic rings. The Balaban J connectivity index is 1.85. The van der Waals surface area contributed by atoms with Crippen LogP contribution in [0.1, 0.15) is 29.2 Å². The summed E-state index contributed by atoms with van der Waals surface area (Å²) in [5, 5.41) is 2.97. The first-order valence-corrected chi connectivity index (χ1v) is 7.62. The Morgan fingerprint density at radius 1 is 1.00 bits per heavy atom. The monoisotopic (exact) mass is 297 g/mol. The summed E-state index contributed by atoms with van der Waals surface area (Å²) in [5.41, 5.74) is 4.53. The molecule has 0 aromatic heterocycles. The predicted molar refractivity (Wildman–Crippen MR) is 88.5 cm³/mol. The molecular weight excluding hydrogens is 274 g/mol. The molecule has 22 heavy (non-hydrogen) atoms. The van der Waals surface area contributed by atoms with E-state index in [2.05, 4.69) is 36.5 Å². The number of ether oxygens (including phenoxy) is 1. The predicted octanol–water partition coefficient (Wildman–Crippen LogP) is 3.25. The van der Waals surface area contributed by atoms with Crippen molar-refractivity contribution in [3.63, 3.8) is 0 Å². The number of methoxy groups -OCH3 is 1. The molecule has 0 radical (unpaired) electrons. The summed E-state index contributed by atoms with van der Waals surface area (Å²) in [4.78, 5) is 12.0. The van der Waals surface area contributed by atoms with E-state index in [1.807, 2.05) is 24.3 Å². The van der Waals surface area contributed by atoms with Gasteiger partial charge in [0.15, 0.2) is 0 Å². The largest absolute Gasteiger partial charge is 0.380 e. The van der Waals surface area contributed by atoms with Gasteiger partial charge in [-0.15, -0.1) is 0 Å². The fourth-order valence-corrected chi connectivity index (χ4v) is 2.34. The number of amides is 1. The van der Waals surface area contributed by atoms with Crippen LogP contribution in [-0.4, -0.2) is 13.0 Å². The standard InChI is InChI=1S/C19H23NO2/c1-3-15-7-9-16(10-8-15)13-20-19(21)12-17-5-4-6-18(11-17)14-22-2/h4-11H,3,12-14H2,1-2H3,(H,20,21). The van der Waals surface area contributed by atoms with Crippen LogP contribution in [0.3, 0.4) is 0 Å². The highest BCUT2D eigenvalue weighted by molar-refractivity contribution is 5.78. The molecule has 3 nitrogen and oxygen atoms in total. The summed E-state index contributed by atoms with van der Waals surface area (Å²) in [7, 11) is 1.67. The van der Waals surface area contributed by atoms with Crippen LogP contribution in [-0.2, 0) is 35.5 Å². The van der Waals surface area contributed by atoms with Crippen molar-refractivity contribution in [2.24, 2.45) is 0 Å². The summed E-state index contributed by atoms with van der Waals surface area (Å²) < 4.78 is 5.11. The third-order valence-electron chi connectivity index (χ3n) is 3.59. The Kier molecular flexibility index (Phi) is 6.16. The summed E-state index contributed by atoms with van der Waals surface area (Å²) in [6.45, 7) is 3.27. The molecule has 0 fully saturated rings. The normalized spacial score (nSPS) is 10.5. The highest BCUT2D eigenvalue weighted by Gasteiger charge is 2.04. The minimum atomic E-state index is 0.0362. The molecule has 2 aromatic rings. The molecule has 0 aliphatic carbocycles. The Morgan fingerprint density at radius 2 is 1.68 bits per heavy atom. The summed E-state index contributed by atoms with van der Waals surface area (Å²) in [6, 6.07) is 16.3. The maximum Gasteiger partial charge on any atom is 0.224 e. The van der Waals surface area contributed by atoms with Crippen molar-refractivity contribution in [3.8, 4) is 0 Å². The van der Waals surface area contributed by atoms with Crippen LogP contribution < -0.4 is 5.32 Å². The van der Waals surface area contributed by atoms with Crippen molar-refractivity contribution in [3.05, 3.63) is 70.8 Å². The van der Waals surface area contributed by atoms with Crippen molar-refractivity contribution in [2.75, 3.05) is 7.11 Å². The van der Waals surface area contributed by atoms with E-state index in [0.29, 0.717) is 19.6 Å². The van der Waals surface area contributed by atoms with Crippen molar-refractivity contribution < 1.29 is 9.53 Å². The fourth-order valence-electron chi connectivity index (χ4n) is 2.34. The smallest absolute Gasteiger partial charge is 0.224 e. The molecule has 2 aromatic carbocycles. The first kappa shape index (κ1) is 16.2. The average molecular weight is 297 g/mol. The van der Waals surface area contributed by atoms with E-state index in [9.17, 15) is 4.79 Å². The minimum Gasteiger partial charge on any atom is -0.380 e. The van der Waals surface area contributed by atoms with Gasteiger partial charge in [0, 0.05) is 13.7 Å². The van der Waals surface area contributed by atoms with Gasteiger partial charge in [-0.1, -0.05) is 55.5 Å². The molecule has 0 bridgehead atoms. The van der Waals surface area contributed by atoms with Crippen LogP contribution in [0.15, 0.2) is 48.5 Å². The number of carbonyl (C=O) groups is 1. The molecule has 0 atom stereocenters. The van der Waals surface area contributed by atoms with E-state index in [1.165, 1.54) is 5.56 Å². The van der Waals surface area contributed by atoms with E-state index in [-0.39, 0.29) is 5.91 Å². The van der Waals surface area contributed by atoms with Crippen LogP contribution in [0.2, 0.25) is 0 Å². The first-order chi connectivity index (χ1) is 10.7. The lowest BCUT2D eigenvalue weighted by molar-refractivity contribution is -0.120. The summed E-state index contributed by atoms with van der Waals surface area (Å²) in [6.07, 6.45) is 1.43. The van der Waals surface area contributed by atoms with E-state index in [1.54, 1.807) is 7.11 Å². The topological polar surface area (TPSA) is 38.3 Å². The number of hydrogen-bond donors (Lipinski definition) is 1. The lowest BCUT2D eigenvalue weighted by atomic mass is 10.1. The molecule has 1 amide bonds. The van der Waals surface area contributed by atoms with E-state index in [0.717, 1.165) is 23.1 Å². The molecule has 0 aliphatic heterocycles. The number of carbonyl (C=O) groups excluding carboxylic acids is 1. The quantitative estimate of drug-likeness (QED) is 0.852. The van der Waals surface area contributed by atoms with Crippen molar-refractivity contribution in [2.45, 2.75) is 32.9 Å². The van der Waals surface area contributed by atoms with Gasteiger partial charge in [-0.3, -0.25) is 4.79 Å². The maximum absolute atomic E-state index is 12.0. The van der Waals surface area contributed by atoms with Gasteiger partial charge in [-0.25, -0.2) is 0 Å². The third kappa shape index (κ3) is 5.01. The number of aryl methyl sites for hydroxylation is 1. The third-order valence-corrected chi connectivity index (χ3v) is 3.59. The average Bonchev–Trinajstić information content (AvgIpc) is 2.54. The zero-order valence-corrected chi connectivity index (χ0v) is 13.3. The van der Waals surface area contributed by atoms with Crippen LogP contribution >= 0.6 is 0 Å². The molecule has 116 valence electrons. The zero-order chi connectivity index (χ0) is 15.8. The Labute approximate surface area is 132 Å². The molecule has 0 saturated heterocycles. The molecule has 3 heteroatoms. The molecule has 0 saturated carbocycles. The second kappa shape index (κ2) is 8.35. The lowest BCUT2D eigenvalue weighted by Crippen LogP contribution is -2.24. The molecule has 0 heterocycles. The maximum atomic E-state index is 12.0. The zero-order valence-electron chi connectivity index (χ0n) is 13.3. The lowest BCUT2D eigenvalue weighted by Gasteiger charge is -2.07. The number of benzene rings is 2. The molecule has 0 spiro atoms. The van der Waals surface area contributed by atoms with E-state index >= 15 is 0 Å². The molecule has 0 unspecified atom stereocenters. The van der Waals surface area contributed by atoms with E-state index < -0.39 is 0 Å². The van der Waals surface area contributed by atoms with Crippen LogP contribution in [0.25, 0.3) is 0 Å². The second-order valence-corrected chi connectivity index (χ2v) is 5.38. The van der Waals surface area contributed by atoms with Gasteiger partial charge >= 0.3 is 0 Å². The molecular formula is C19H23NO2. The SMILES string of the molecule is CCc1ccc(CNC(=O)Cc2cccc(COC)c2)cc1. The number of hydrogen-bond acceptors (Lipinski definition) is 2. The van der Waals surface area contributed by atoms with Gasteiger partial charge < -0.3 is 10.1 Å². The summed E-state index contributed by atoms with van der Waals surface area (Å²) in [5.74, 6) is 0.0362. The van der Waals surface area contributed by atoms with Crippen LogP contribution in [0.4, 0.5) is 0 Å². The summed E-state index contributed by atoms with van der Waals surface area (Å²) >= 11 is 0. The number of rotatable bonds is 7. The molecule has 1 N–H and O–H groups in total. The highest BCUT2D eigenvalue weighted by atomic mass is 16.5. The Hall–Kier alpha value is -2.13. The Bertz CT molecular complexity index is 605. The Morgan fingerprint density at radius 3 is 2.36 bits per heavy atom. The van der Waals surface area contributed by atoms with E-state index in [4.69, 9.17) is 4.74 Å². The van der Waals surface area contributed by atoms with Crippen molar-refractivity contribution in [1.82, 2.24) is 5.32 Å². The van der Waals surface area contributed by atoms with Gasteiger partial charge in [0.25, 0.3) is 0 Å². The second-order valence-electron chi connectivity index (χ2n) is 5.38. The number of nitrogens with one attached hydrogen (secondary N) is 1. The minimum absolute atomic E-state index is 0.0362. The fraction of sp³-hybridized carbons (Fsp3) is 0.316. The van der Waals surface area contributed by atoms with Crippen molar-refractivity contribution in [1.29, 1.82) is 0 Å². The van der Waals surface area contributed by atoms with Gasteiger partial charge in [0.2, 0.25) is 5.91 Å². The van der Waals surface area contributed by atoms with Crippen LogP contribution in [0, 0.1) is 0 Å². The van der Waals surface area contributed by atoms with Gasteiger partial charge in [-0.05, 0) is 28.7 Å². The van der Waals surface area contributed by atoms with Gasteiger partial charge in [0.1, 0.15) is 0 Å². The highest BCUT2D eigenvalue weighted by Crippen LogP contribution is 2.08. The van der Waals surface area contributed by atoms with Crippen LogP contribution in [0.5, 0.6) is 0 Å². The van der Waals surface area contributed by atoms with Gasteiger partial charge in [-0.2, -0.15) is 0 Å². The van der Waals surface area contributed by atoms with Gasteiger partial charge in [0.05, 0.1) is 13.0 Å².